The van der Waals surface area contributed by atoms with Crippen LogP contribution in [0, 0.1) is 0 Å². The molecule has 1 amide bonds. The number of furan rings is 1. The van der Waals surface area contributed by atoms with Gasteiger partial charge in [-0.3, -0.25) is 4.79 Å². The van der Waals surface area contributed by atoms with Gasteiger partial charge < -0.3 is 49.1 Å². The summed E-state index contributed by atoms with van der Waals surface area (Å²) in [6.45, 7) is 0.520. The number of carbonyl (C=O) groups excluding carboxylic acids is 1. The lowest BCUT2D eigenvalue weighted by Crippen LogP contribution is -2.59. The van der Waals surface area contributed by atoms with E-state index in [-0.39, 0.29) is 38.9 Å². The first-order valence-electron chi connectivity index (χ1n) is 9.39. The number of carbonyl (C=O) groups is 1. The smallest absolute Gasteiger partial charge is 0.246 e. The Labute approximate surface area is 168 Å². The van der Waals surface area contributed by atoms with Crippen molar-refractivity contribution >= 4 is 5.91 Å². The third-order valence-corrected chi connectivity index (χ3v) is 4.24. The molecule has 11 heteroatoms. The molecule has 1 aromatic heterocycles. The van der Waals surface area contributed by atoms with Crippen LogP contribution < -0.4 is 5.32 Å². The number of amides is 1. The van der Waals surface area contributed by atoms with E-state index in [1.54, 1.807) is 12.3 Å². The normalized spacial score (nSPS) is 27.1. The van der Waals surface area contributed by atoms with Crippen LogP contribution in [-0.2, 0) is 30.2 Å². The summed E-state index contributed by atoms with van der Waals surface area (Å²) in [4.78, 5) is 11.6. The maximum atomic E-state index is 11.6. The van der Waals surface area contributed by atoms with E-state index in [2.05, 4.69) is 5.32 Å². The van der Waals surface area contributed by atoms with E-state index in [4.69, 9.17) is 28.5 Å². The molecule has 1 aliphatic heterocycles. The first-order valence-corrected chi connectivity index (χ1v) is 9.39. The molecule has 0 radical (unpaired) electrons. The summed E-state index contributed by atoms with van der Waals surface area (Å²) in [5.74, 6) is 0.563. The van der Waals surface area contributed by atoms with Crippen molar-refractivity contribution in [2.24, 2.45) is 0 Å². The Bertz CT molecular complexity index is 567. The Morgan fingerprint density at radius 2 is 1.83 bits per heavy atom. The van der Waals surface area contributed by atoms with E-state index in [1.165, 1.54) is 0 Å². The molecule has 0 aromatic carbocycles. The van der Waals surface area contributed by atoms with Crippen molar-refractivity contribution in [2.45, 2.75) is 37.1 Å². The van der Waals surface area contributed by atoms with E-state index in [1.807, 2.05) is 6.07 Å². The standard InChI is InChI=1S/C18H29NO10/c20-10-13-15(22)16(23)17(24)18(29-13)28-9-8-25-6-7-26-11-14(21)19-4-3-12-2-1-5-27-12/h1-2,5,13,15-18,20,22-24H,3-4,6-11H2,(H,19,21)/t13-,15+,16+,17-,18-/m1/s1. The summed E-state index contributed by atoms with van der Waals surface area (Å²) < 4.78 is 26.1. The molecule has 0 aliphatic carbocycles. The van der Waals surface area contributed by atoms with Crippen LogP contribution in [0.4, 0.5) is 0 Å². The molecule has 0 bridgehead atoms. The average molecular weight is 419 g/mol. The van der Waals surface area contributed by atoms with Crippen molar-refractivity contribution in [1.82, 2.24) is 5.32 Å². The molecule has 2 rings (SSSR count). The van der Waals surface area contributed by atoms with E-state index >= 15 is 0 Å². The molecule has 5 N–H and O–H groups in total. The van der Waals surface area contributed by atoms with Gasteiger partial charge in [-0.1, -0.05) is 0 Å². The highest BCUT2D eigenvalue weighted by Gasteiger charge is 2.43. The molecule has 1 aromatic rings. The first kappa shape index (κ1) is 23.7. The van der Waals surface area contributed by atoms with Crippen molar-refractivity contribution in [1.29, 1.82) is 0 Å². The Morgan fingerprint density at radius 3 is 2.55 bits per heavy atom. The van der Waals surface area contributed by atoms with Gasteiger partial charge in [-0.15, -0.1) is 0 Å². The number of ether oxygens (including phenoxy) is 4. The second-order valence-corrected chi connectivity index (χ2v) is 6.41. The van der Waals surface area contributed by atoms with Gasteiger partial charge in [0.05, 0.1) is 39.3 Å². The first-order chi connectivity index (χ1) is 14.0. The third-order valence-electron chi connectivity index (χ3n) is 4.24. The molecular weight excluding hydrogens is 390 g/mol. The summed E-state index contributed by atoms with van der Waals surface area (Å²) in [6.07, 6.45) is -4.36. The van der Waals surface area contributed by atoms with Gasteiger partial charge in [-0.2, -0.15) is 0 Å². The number of nitrogens with one attached hydrogen (secondary N) is 1. The lowest BCUT2D eigenvalue weighted by atomic mass is 9.99. The van der Waals surface area contributed by atoms with Crippen LogP contribution in [0.2, 0.25) is 0 Å². The van der Waals surface area contributed by atoms with Crippen molar-refractivity contribution in [3.8, 4) is 0 Å². The quantitative estimate of drug-likeness (QED) is 0.222. The minimum absolute atomic E-state index is 0.0515. The van der Waals surface area contributed by atoms with E-state index in [0.29, 0.717) is 13.0 Å². The molecule has 2 heterocycles. The maximum Gasteiger partial charge on any atom is 0.246 e. The van der Waals surface area contributed by atoms with Gasteiger partial charge in [0.1, 0.15) is 36.8 Å². The largest absolute Gasteiger partial charge is 0.469 e. The highest BCUT2D eigenvalue weighted by molar-refractivity contribution is 5.77. The molecular formula is C18H29NO10. The zero-order valence-electron chi connectivity index (χ0n) is 16.0. The molecule has 0 saturated carbocycles. The van der Waals surface area contributed by atoms with E-state index < -0.39 is 37.3 Å². The summed E-state index contributed by atoms with van der Waals surface area (Å²) in [7, 11) is 0. The topological polar surface area (TPSA) is 160 Å². The van der Waals surface area contributed by atoms with Crippen molar-refractivity contribution in [3.63, 3.8) is 0 Å². The minimum Gasteiger partial charge on any atom is -0.469 e. The molecule has 1 aliphatic rings. The average Bonchev–Trinajstić information content (AvgIpc) is 3.23. The van der Waals surface area contributed by atoms with Crippen molar-refractivity contribution < 1.29 is 48.6 Å². The number of rotatable bonds is 13. The molecule has 0 unspecified atom stereocenters. The van der Waals surface area contributed by atoms with Crippen LogP contribution >= 0.6 is 0 Å². The Kier molecular flexibility index (Phi) is 10.5. The monoisotopic (exact) mass is 419 g/mol. The van der Waals surface area contributed by atoms with Gasteiger partial charge in [0.2, 0.25) is 5.91 Å². The SMILES string of the molecule is O=C(COCCOCCO[C@@H]1O[C@H](CO)[C@H](O)[C@H](O)[C@H]1O)NCCc1ccco1. The van der Waals surface area contributed by atoms with Crippen molar-refractivity contribution in [2.75, 3.05) is 46.2 Å². The zero-order chi connectivity index (χ0) is 21.1. The molecule has 1 fully saturated rings. The second kappa shape index (κ2) is 12.9. The minimum atomic E-state index is -1.48. The summed E-state index contributed by atoms with van der Waals surface area (Å²) in [5.41, 5.74) is 0. The van der Waals surface area contributed by atoms with E-state index in [0.717, 1.165) is 5.76 Å². The second-order valence-electron chi connectivity index (χ2n) is 6.41. The van der Waals surface area contributed by atoms with Crippen LogP contribution in [0.3, 0.4) is 0 Å². The highest BCUT2D eigenvalue weighted by atomic mass is 16.7. The fraction of sp³-hybridized carbons (Fsp3) is 0.722. The number of hydrogen-bond acceptors (Lipinski definition) is 10. The van der Waals surface area contributed by atoms with E-state index in [9.17, 15) is 20.1 Å². The molecule has 5 atom stereocenters. The van der Waals surface area contributed by atoms with Crippen LogP contribution in [0.1, 0.15) is 5.76 Å². The fourth-order valence-corrected chi connectivity index (χ4v) is 2.64. The summed E-state index contributed by atoms with van der Waals surface area (Å²) in [5, 5.41) is 41.0. The number of aliphatic hydroxyl groups is 4. The van der Waals surface area contributed by atoms with Gasteiger partial charge in [-0.05, 0) is 12.1 Å². The van der Waals surface area contributed by atoms with Gasteiger partial charge in [0.25, 0.3) is 0 Å². The summed E-state index contributed by atoms with van der Waals surface area (Å²) in [6, 6.07) is 3.62. The lowest BCUT2D eigenvalue weighted by Gasteiger charge is -2.39. The Hall–Kier alpha value is -1.57. The van der Waals surface area contributed by atoms with Crippen LogP contribution in [-0.4, -0.2) is 103 Å². The fourth-order valence-electron chi connectivity index (χ4n) is 2.64. The lowest BCUT2D eigenvalue weighted by molar-refractivity contribution is -0.302. The maximum absolute atomic E-state index is 11.6. The highest BCUT2D eigenvalue weighted by Crippen LogP contribution is 2.21. The van der Waals surface area contributed by atoms with Gasteiger partial charge in [0, 0.05) is 13.0 Å². The molecule has 166 valence electrons. The van der Waals surface area contributed by atoms with Crippen LogP contribution in [0.5, 0.6) is 0 Å². The Morgan fingerprint density at radius 1 is 1.07 bits per heavy atom. The predicted molar refractivity (Wildman–Crippen MR) is 96.8 cm³/mol. The summed E-state index contributed by atoms with van der Waals surface area (Å²) >= 11 is 0. The van der Waals surface area contributed by atoms with Gasteiger partial charge in [0.15, 0.2) is 6.29 Å². The molecule has 29 heavy (non-hydrogen) atoms. The number of aliphatic hydroxyl groups excluding tert-OH is 4. The van der Waals surface area contributed by atoms with Gasteiger partial charge in [-0.25, -0.2) is 0 Å². The van der Waals surface area contributed by atoms with Crippen LogP contribution in [0.25, 0.3) is 0 Å². The molecule has 11 nitrogen and oxygen atoms in total. The van der Waals surface area contributed by atoms with Crippen molar-refractivity contribution in [3.05, 3.63) is 24.2 Å². The predicted octanol–water partition coefficient (Wildman–Crippen LogP) is -2.21. The number of hydrogen-bond donors (Lipinski definition) is 5. The third kappa shape index (κ3) is 7.99. The van der Waals surface area contributed by atoms with Crippen LogP contribution in [0.15, 0.2) is 22.8 Å². The zero-order valence-corrected chi connectivity index (χ0v) is 16.0. The Balaban J connectivity index is 1.45. The van der Waals surface area contributed by atoms with Gasteiger partial charge >= 0.3 is 0 Å². The molecule has 0 spiro atoms. The molecule has 1 saturated heterocycles.